The van der Waals surface area contributed by atoms with Crippen molar-refractivity contribution in [3.05, 3.63) is 42.6 Å². The molecule has 0 bridgehead atoms. The van der Waals surface area contributed by atoms with Crippen molar-refractivity contribution >= 4 is 28.8 Å². The van der Waals surface area contributed by atoms with Gasteiger partial charge in [-0.3, -0.25) is 9.48 Å². The molecule has 1 fully saturated rings. The maximum atomic E-state index is 12.4. The van der Waals surface area contributed by atoms with Crippen LogP contribution in [0.25, 0.3) is 10.9 Å². The molecule has 0 unspecified atom stereocenters. The minimum absolute atomic E-state index is 0.0901. The van der Waals surface area contributed by atoms with Crippen LogP contribution in [-0.2, 0) is 4.79 Å². The largest absolute Gasteiger partial charge is 0.494 e. The molecule has 1 aromatic carbocycles. The van der Waals surface area contributed by atoms with Crippen molar-refractivity contribution < 1.29 is 14.3 Å². The minimum atomic E-state index is -0.405. The zero-order valence-electron chi connectivity index (χ0n) is 15.5. The SMILES string of the molecule is COc1cc2nn([C@H]3CC[C@H](C=O)CC3)cc2cc1NC(=O)c1ncccn1. The van der Waals surface area contributed by atoms with Gasteiger partial charge in [0.15, 0.2) is 0 Å². The first-order chi connectivity index (χ1) is 13.7. The van der Waals surface area contributed by atoms with Gasteiger partial charge in [-0.2, -0.15) is 5.10 Å². The number of hydrogen-bond acceptors (Lipinski definition) is 6. The van der Waals surface area contributed by atoms with Crippen LogP contribution in [0.4, 0.5) is 5.69 Å². The Kier molecular flexibility index (Phi) is 5.01. The lowest BCUT2D eigenvalue weighted by Crippen LogP contribution is -2.19. The second kappa shape index (κ2) is 7.75. The zero-order chi connectivity index (χ0) is 19.5. The highest BCUT2D eigenvalue weighted by molar-refractivity contribution is 6.03. The van der Waals surface area contributed by atoms with Crippen molar-refractivity contribution in [1.29, 1.82) is 0 Å². The predicted molar refractivity (Wildman–Crippen MR) is 103 cm³/mol. The zero-order valence-corrected chi connectivity index (χ0v) is 15.5. The summed E-state index contributed by atoms with van der Waals surface area (Å²) in [5.41, 5.74) is 1.33. The Morgan fingerprint density at radius 3 is 2.64 bits per heavy atom. The fraction of sp³-hybridized carbons (Fsp3) is 0.350. The molecule has 1 N–H and O–H groups in total. The van der Waals surface area contributed by atoms with E-state index in [-0.39, 0.29) is 17.8 Å². The van der Waals surface area contributed by atoms with Gasteiger partial charge in [0.05, 0.1) is 24.4 Å². The number of carbonyl (C=O) groups excluding carboxylic acids is 2. The van der Waals surface area contributed by atoms with E-state index in [1.165, 1.54) is 12.4 Å². The second-order valence-corrected chi connectivity index (χ2v) is 6.95. The number of ether oxygens (including phenoxy) is 1. The van der Waals surface area contributed by atoms with Crippen molar-refractivity contribution in [1.82, 2.24) is 19.7 Å². The average molecular weight is 379 g/mol. The lowest BCUT2D eigenvalue weighted by Gasteiger charge is -2.25. The van der Waals surface area contributed by atoms with Gasteiger partial charge in [-0.25, -0.2) is 9.97 Å². The number of hydrogen-bond donors (Lipinski definition) is 1. The number of carbonyl (C=O) groups is 2. The van der Waals surface area contributed by atoms with Gasteiger partial charge in [-0.1, -0.05) is 0 Å². The number of anilines is 1. The van der Waals surface area contributed by atoms with Crippen molar-refractivity contribution in [3.8, 4) is 5.75 Å². The summed E-state index contributed by atoms with van der Waals surface area (Å²) in [6.45, 7) is 0. The first kappa shape index (κ1) is 18.1. The third kappa shape index (κ3) is 3.58. The van der Waals surface area contributed by atoms with Gasteiger partial charge in [0.25, 0.3) is 5.91 Å². The van der Waals surface area contributed by atoms with E-state index in [4.69, 9.17) is 4.74 Å². The summed E-state index contributed by atoms with van der Waals surface area (Å²) in [5.74, 6) is 0.375. The molecule has 28 heavy (non-hydrogen) atoms. The molecule has 4 rings (SSSR count). The Morgan fingerprint density at radius 2 is 1.96 bits per heavy atom. The van der Waals surface area contributed by atoms with E-state index in [0.717, 1.165) is 42.9 Å². The number of aromatic nitrogens is 4. The van der Waals surface area contributed by atoms with Crippen molar-refractivity contribution in [2.45, 2.75) is 31.7 Å². The van der Waals surface area contributed by atoms with Gasteiger partial charge in [-0.15, -0.1) is 0 Å². The molecular formula is C20H21N5O3. The molecule has 0 atom stereocenters. The fourth-order valence-electron chi connectivity index (χ4n) is 3.62. The van der Waals surface area contributed by atoms with Gasteiger partial charge in [-0.05, 0) is 37.8 Å². The predicted octanol–water partition coefficient (Wildman–Crippen LogP) is 3.02. The monoisotopic (exact) mass is 379 g/mol. The fourth-order valence-corrected chi connectivity index (χ4v) is 3.62. The highest BCUT2D eigenvalue weighted by atomic mass is 16.5. The van der Waals surface area contributed by atoms with Gasteiger partial charge in [0.2, 0.25) is 5.82 Å². The number of aldehydes is 1. The number of nitrogens with one attached hydrogen (secondary N) is 1. The molecule has 0 saturated heterocycles. The standard InChI is InChI=1S/C20H21N5O3/c1-28-18-10-16-14(9-17(18)23-20(27)19-21-7-2-8-22-19)11-25(24-16)15-5-3-13(12-26)4-6-15/h2,7-13,15H,3-6H2,1H3,(H,23,27)/t13-,15-. The number of nitrogens with zero attached hydrogens (tertiary/aromatic N) is 4. The topological polar surface area (TPSA) is 99.0 Å². The van der Waals surface area contributed by atoms with Crippen molar-refractivity contribution in [3.63, 3.8) is 0 Å². The first-order valence-electron chi connectivity index (χ1n) is 9.28. The van der Waals surface area contributed by atoms with Crippen LogP contribution in [0.5, 0.6) is 5.75 Å². The molecule has 1 aliphatic rings. The third-order valence-electron chi connectivity index (χ3n) is 5.17. The maximum absolute atomic E-state index is 12.4. The Labute approximate surface area is 161 Å². The first-order valence-corrected chi connectivity index (χ1v) is 9.28. The second-order valence-electron chi connectivity index (χ2n) is 6.95. The van der Waals surface area contributed by atoms with E-state index in [2.05, 4.69) is 20.4 Å². The van der Waals surface area contributed by atoms with Gasteiger partial charge in [0, 0.05) is 36.0 Å². The molecule has 2 aromatic heterocycles. The highest BCUT2D eigenvalue weighted by Gasteiger charge is 2.23. The number of methoxy groups -OCH3 is 1. The summed E-state index contributed by atoms with van der Waals surface area (Å²) in [7, 11) is 1.55. The van der Waals surface area contributed by atoms with Gasteiger partial charge in [0.1, 0.15) is 12.0 Å². The van der Waals surface area contributed by atoms with Crippen LogP contribution in [0.1, 0.15) is 42.3 Å². The molecule has 3 aromatic rings. The highest BCUT2D eigenvalue weighted by Crippen LogP contribution is 2.34. The number of amides is 1. The Balaban J connectivity index is 1.60. The lowest BCUT2D eigenvalue weighted by atomic mass is 9.87. The average Bonchev–Trinajstić information content (AvgIpc) is 3.16. The Hall–Kier alpha value is -3.29. The summed E-state index contributed by atoms with van der Waals surface area (Å²) >= 11 is 0. The quantitative estimate of drug-likeness (QED) is 0.684. The molecule has 0 aliphatic heterocycles. The van der Waals surface area contributed by atoms with E-state index in [1.807, 2.05) is 23.0 Å². The molecule has 1 aliphatic carbocycles. The summed E-state index contributed by atoms with van der Waals surface area (Å²) in [6, 6.07) is 5.59. The van der Waals surface area contributed by atoms with E-state index < -0.39 is 5.91 Å². The smallest absolute Gasteiger partial charge is 0.293 e. The summed E-state index contributed by atoms with van der Waals surface area (Å²) in [6.07, 6.45) is 9.74. The van der Waals surface area contributed by atoms with Crippen molar-refractivity contribution in [2.75, 3.05) is 12.4 Å². The number of fused-ring (bicyclic) bond motifs is 1. The van der Waals surface area contributed by atoms with Crippen LogP contribution in [-0.4, -0.2) is 39.1 Å². The van der Waals surface area contributed by atoms with Gasteiger partial charge < -0.3 is 14.8 Å². The van der Waals surface area contributed by atoms with Crippen LogP contribution in [0.2, 0.25) is 0 Å². The van der Waals surface area contributed by atoms with E-state index in [1.54, 1.807) is 13.2 Å². The molecule has 0 spiro atoms. The number of benzene rings is 1. The molecular weight excluding hydrogens is 358 g/mol. The van der Waals surface area contributed by atoms with Crippen LogP contribution in [0.3, 0.4) is 0 Å². The molecule has 1 saturated carbocycles. The number of rotatable bonds is 5. The van der Waals surface area contributed by atoms with E-state index in [0.29, 0.717) is 11.4 Å². The lowest BCUT2D eigenvalue weighted by molar-refractivity contribution is -0.112. The Bertz CT molecular complexity index is 994. The van der Waals surface area contributed by atoms with Crippen LogP contribution in [0.15, 0.2) is 36.8 Å². The minimum Gasteiger partial charge on any atom is -0.494 e. The van der Waals surface area contributed by atoms with Crippen LogP contribution < -0.4 is 10.1 Å². The molecule has 8 nitrogen and oxygen atoms in total. The molecule has 8 heteroatoms. The Morgan fingerprint density at radius 1 is 1.21 bits per heavy atom. The third-order valence-corrected chi connectivity index (χ3v) is 5.17. The normalized spacial score (nSPS) is 19.3. The van der Waals surface area contributed by atoms with Crippen molar-refractivity contribution in [2.24, 2.45) is 5.92 Å². The van der Waals surface area contributed by atoms with E-state index in [9.17, 15) is 9.59 Å². The maximum Gasteiger partial charge on any atom is 0.293 e. The summed E-state index contributed by atoms with van der Waals surface area (Å²) in [4.78, 5) is 31.3. The molecule has 1 amide bonds. The van der Waals surface area contributed by atoms with Crippen LogP contribution >= 0.6 is 0 Å². The summed E-state index contributed by atoms with van der Waals surface area (Å²) < 4.78 is 7.40. The molecule has 2 heterocycles. The van der Waals surface area contributed by atoms with E-state index >= 15 is 0 Å². The van der Waals surface area contributed by atoms with Gasteiger partial charge >= 0.3 is 0 Å². The van der Waals surface area contributed by atoms with Crippen LogP contribution in [0, 0.1) is 5.92 Å². The summed E-state index contributed by atoms with van der Waals surface area (Å²) in [5, 5.41) is 8.40. The molecule has 0 radical (unpaired) electrons. The molecule has 144 valence electrons.